The number of hydrogen-bond acceptors (Lipinski definition) is 4. The number of amides is 3. The summed E-state index contributed by atoms with van der Waals surface area (Å²) in [6.45, 7) is 2.24. The van der Waals surface area contributed by atoms with Crippen molar-refractivity contribution < 1.29 is 19.1 Å². The van der Waals surface area contributed by atoms with E-state index in [9.17, 15) is 14.4 Å². The van der Waals surface area contributed by atoms with E-state index >= 15 is 0 Å². The number of methoxy groups -OCH3 is 1. The van der Waals surface area contributed by atoms with Crippen molar-refractivity contribution in [2.75, 3.05) is 23.9 Å². The predicted octanol–water partition coefficient (Wildman–Crippen LogP) is 2.89. The molecule has 0 spiro atoms. The zero-order chi connectivity index (χ0) is 21.3. The Morgan fingerprint density at radius 1 is 1.10 bits per heavy atom. The number of aryl methyl sites for hydroxylation is 1. The van der Waals surface area contributed by atoms with Crippen LogP contribution in [0.2, 0.25) is 0 Å². The van der Waals surface area contributed by atoms with Crippen molar-refractivity contribution in [1.82, 2.24) is 5.32 Å². The third-order valence-electron chi connectivity index (χ3n) is 5.45. The standard InChI is InChI=1S/C23H25N3O4/c1-14-3-10-20(30-2)19(11-14)26-13-16(12-21(26)27)23(29)25-17-6-4-15(5-7-17)22(28)24-18-8-9-18/h3-7,10-11,16,18H,8-9,12-13H2,1-2H3,(H,24,28)(H,25,29). The van der Waals surface area contributed by atoms with Crippen molar-refractivity contribution >= 4 is 29.1 Å². The van der Waals surface area contributed by atoms with E-state index in [0.717, 1.165) is 18.4 Å². The third-order valence-corrected chi connectivity index (χ3v) is 5.45. The van der Waals surface area contributed by atoms with Crippen molar-refractivity contribution in [3.8, 4) is 5.75 Å². The maximum atomic E-state index is 12.7. The van der Waals surface area contributed by atoms with Crippen LogP contribution in [0.1, 0.15) is 35.2 Å². The van der Waals surface area contributed by atoms with Gasteiger partial charge in [-0.25, -0.2) is 0 Å². The summed E-state index contributed by atoms with van der Waals surface area (Å²) in [6.07, 6.45) is 2.21. The number of rotatable bonds is 6. The van der Waals surface area contributed by atoms with E-state index in [1.54, 1.807) is 36.3 Å². The first-order valence-corrected chi connectivity index (χ1v) is 10.1. The molecule has 2 aromatic rings. The fourth-order valence-corrected chi connectivity index (χ4v) is 3.57. The van der Waals surface area contributed by atoms with Crippen LogP contribution in [-0.4, -0.2) is 37.4 Å². The lowest BCUT2D eigenvalue weighted by atomic mass is 10.1. The van der Waals surface area contributed by atoms with Gasteiger partial charge in [0.2, 0.25) is 11.8 Å². The van der Waals surface area contributed by atoms with E-state index in [0.29, 0.717) is 35.3 Å². The van der Waals surface area contributed by atoms with Gasteiger partial charge < -0.3 is 20.3 Å². The SMILES string of the molecule is COc1ccc(C)cc1N1CC(C(=O)Nc2ccc(C(=O)NC3CC3)cc2)CC1=O. The molecule has 0 aromatic heterocycles. The molecular weight excluding hydrogens is 382 g/mol. The van der Waals surface area contributed by atoms with Gasteiger partial charge in [0, 0.05) is 30.3 Å². The molecule has 30 heavy (non-hydrogen) atoms. The Kier molecular flexibility index (Phi) is 5.44. The molecule has 4 rings (SSSR count). The van der Waals surface area contributed by atoms with Crippen LogP contribution in [0.4, 0.5) is 11.4 Å². The summed E-state index contributed by atoms with van der Waals surface area (Å²) in [5.41, 5.74) is 2.86. The second kappa shape index (κ2) is 8.18. The normalized spacial score (nSPS) is 18.3. The maximum absolute atomic E-state index is 12.7. The van der Waals surface area contributed by atoms with Crippen molar-refractivity contribution in [3.63, 3.8) is 0 Å². The number of carbonyl (C=O) groups is 3. The van der Waals surface area contributed by atoms with Crippen LogP contribution in [0.5, 0.6) is 5.75 Å². The van der Waals surface area contributed by atoms with Crippen LogP contribution >= 0.6 is 0 Å². The highest BCUT2D eigenvalue weighted by Gasteiger charge is 2.36. The Morgan fingerprint density at radius 2 is 1.83 bits per heavy atom. The number of ether oxygens (including phenoxy) is 1. The van der Waals surface area contributed by atoms with E-state index in [2.05, 4.69) is 10.6 Å². The number of hydrogen-bond donors (Lipinski definition) is 2. The summed E-state index contributed by atoms with van der Waals surface area (Å²) in [4.78, 5) is 39.0. The Hall–Kier alpha value is -3.35. The lowest BCUT2D eigenvalue weighted by Gasteiger charge is -2.20. The largest absolute Gasteiger partial charge is 0.495 e. The number of benzene rings is 2. The topological polar surface area (TPSA) is 87.7 Å². The summed E-state index contributed by atoms with van der Waals surface area (Å²) in [5, 5.41) is 5.79. The van der Waals surface area contributed by atoms with Crippen molar-refractivity contribution in [3.05, 3.63) is 53.6 Å². The minimum Gasteiger partial charge on any atom is -0.495 e. The first-order chi connectivity index (χ1) is 14.4. The number of carbonyl (C=O) groups excluding carboxylic acids is 3. The quantitative estimate of drug-likeness (QED) is 0.771. The molecule has 7 heteroatoms. The van der Waals surface area contributed by atoms with Gasteiger partial charge in [-0.05, 0) is 61.7 Å². The van der Waals surface area contributed by atoms with E-state index in [1.807, 2.05) is 25.1 Å². The molecule has 1 aliphatic heterocycles. The Bertz CT molecular complexity index is 982. The van der Waals surface area contributed by atoms with Gasteiger partial charge in [-0.15, -0.1) is 0 Å². The highest BCUT2D eigenvalue weighted by atomic mass is 16.5. The van der Waals surface area contributed by atoms with Gasteiger partial charge in [0.15, 0.2) is 0 Å². The smallest absolute Gasteiger partial charge is 0.251 e. The van der Waals surface area contributed by atoms with Crippen LogP contribution in [0, 0.1) is 12.8 Å². The molecule has 1 saturated carbocycles. The highest BCUT2D eigenvalue weighted by Crippen LogP contribution is 2.34. The van der Waals surface area contributed by atoms with Gasteiger partial charge in [0.05, 0.1) is 18.7 Å². The van der Waals surface area contributed by atoms with Crippen LogP contribution in [0.3, 0.4) is 0 Å². The second-order valence-corrected chi connectivity index (χ2v) is 7.90. The average molecular weight is 407 g/mol. The molecule has 1 saturated heterocycles. The van der Waals surface area contributed by atoms with Gasteiger partial charge in [0.1, 0.15) is 5.75 Å². The lowest BCUT2D eigenvalue weighted by molar-refractivity contribution is -0.122. The molecule has 7 nitrogen and oxygen atoms in total. The monoisotopic (exact) mass is 407 g/mol. The first kappa shape index (κ1) is 19.9. The predicted molar refractivity (Wildman–Crippen MR) is 114 cm³/mol. The van der Waals surface area contributed by atoms with Crippen molar-refractivity contribution in [2.24, 2.45) is 5.92 Å². The van der Waals surface area contributed by atoms with Crippen LogP contribution in [0.15, 0.2) is 42.5 Å². The molecule has 1 unspecified atom stereocenters. The molecule has 1 atom stereocenters. The summed E-state index contributed by atoms with van der Waals surface area (Å²) >= 11 is 0. The van der Waals surface area contributed by atoms with Crippen molar-refractivity contribution in [1.29, 1.82) is 0 Å². The van der Waals surface area contributed by atoms with Gasteiger partial charge in [-0.3, -0.25) is 14.4 Å². The zero-order valence-corrected chi connectivity index (χ0v) is 17.1. The molecule has 2 N–H and O–H groups in total. The number of nitrogens with one attached hydrogen (secondary N) is 2. The van der Waals surface area contributed by atoms with E-state index in [-0.39, 0.29) is 24.1 Å². The summed E-state index contributed by atoms with van der Waals surface area (Å²) in [5.74, 6) is -0.270. The number of nitrogens with zero attached hydrogens (tertiary/aromatic N) is 1. The zero-order valence-electron chi connectivity index (χ0n) is 17.1. The average Bonchev–Trinajstić information content (AvgIpc) is 3.46. The molecule has 156 valence electrons. The molecule has 2 fully saturated rings. The van der Waals surface area contributed by atoms with Gasteiger partial charge in [-0.2, -0.15) is 0 Å². The molecule has 2 aromatic carbocycles. The van der Waals surface area contributed by atoms with E-state index in [1.165, 1.54) is 0 Å². The third kappa shape index (κ3) is 4.30. The van der Waals surface area contributed by atoms with E-state index in [4.69, 9.17) is 4.74 Å². The Morgan fingerprint density at radius 3 is 2.50 bits per heavy atom. The summed E-state index contributed by atoms with van der Waals surface area (Å²) in [7, 11) is 1.56. The summed E-state index contributed by atoms with van der Waals surface area (Å²) in [6, 6.07) is 12.7. The molecule has 1 aliphatic carbocycles. The van der Waals surface area contributed by atoms with Crippen LogP contribution < -0.4 is 20.3 Å². The molecule has 0 bridgehead atoms. The number of anilines is 2. The minimum absolute atomic E-state index is 0.0977. The first-order valence-electron chi connectivity index (χ1n) is 10.1. The fraction of sp³-hybridized carbons (Fsp3) is 0.348. The van der Waals surface area contributed by atoms with Gasteiger partial charge in [0.25, 0.3) is 5.91 Å². The maximum Gasteiger partial charge on any atom is 0.251 e. The second-order valence-electron chi connectivity index (χ2n) is 7.90. The van der Waals surface area contributed by atoms with E-state index < -0.39 is 5.92 Å². The molecule has 0 radical (unpaired) electrons. The van der Waals surface area contributed by atoms with Gasteiger partial charge in [-0.1, -0.05) is 6.07 Å². The fourth-order valence-electron chi connectivity index (χ4n) is 3.57. The minimum atomic E-state index is -0.458. The van der Waals surface area contributed by atoms with Gasteiger partial charge >= 0.3 is 0 Å². The molecule has 3 amide bonds. The molecule has 1 heterocycles. The van der Waals surface area contributed by atoms with Crippen LogP contribution in [-0.2, 0) is 9.59 Å². The lowest BCUT2D eigenvalue weighted by Crippen LogP contribution is -2.28. The molecular formula is C23H25N3O4. The summed E-state index contributed by atoms with van der Waals surface area (Å²) < 4.78 is 5.38. The van der Waals surface area contributed by atoms with Crippen molar-refractivity contribution in [2.45, 2.75) is 32.2 Å². The highest BCUT2D eigenvalue weighted by molar-refractivity contribution is 6.04. The Balaban J connectivity index is 1.40. The van der Waals surface area contributed by atoms with Crippen LogP contribution in [0.25, 0.3) is 0 Å². The molecule has 2 aliphatic rings. The Labute approximate surface area is 175 Å².